The third-order valence-corrected chi connectivity index (χ3v) is 4.79. The molecule has 0 saturated heterocycles. The molecule has 1 N–H and O–H groups in total. The molecule has 1 heterocycles. The van der Waals surface area contributed by atoms with Crippen molar-refractivity contribution in [2.24, 2.45) is 0 Å². The summed E-state index contributed by atoms with van der Waals surface area (Å²) in [5.74, 6) is 0.130. The smallest absolute Gasteiger partial charge is 0.262 e. The van der Waals surface area contributed by atoms with E-state index in [1.807, 2.05) is 12.1 Å². The molecule has 0 atom stereocenters. The Morgan fingerprint density at radius 2 is 1.87 bits per heavy atom. The predicted molar refractivity (Wildman–Crippen MR) is 86.2 cm³/mol. The van der Waals surface area contributed by atoms with Crippen molar-refractivity contribution in [2.75, 3.05) is 4.72 Å². The Hall–Kier alpha value is -2.98. The van der Waals surface area contributed by atoms with Gasteiger partial charge in [0.05, 0.1) is 33.8 Å². The summed E-state index contributed by atoms with van der Waals surface area (Å²) in [4.78, 5) is 8.46. The number of nitriles is 1. The van der Waals surface area contributed by atoms with Crippen LogP contribution in [0.5, 0.6) is 0 Å². The number of nitrogens with one attached hydrogen (secondary N) is 1. The summed E-state index contributed by atoms with van der Waals surface area (Å²) < 4.78 is 27.5. The van der Waals surface area contributed by atoms with Crippen molar-refractivity contribution in [1.82, 2.24) is 9.97 Å². The van der Waals surface area contributed by atoms with E-state index in [9.17, 15) is 8.42 Å². The highest BCUT2D eigenvalue weighted by atomic mass is 32.2. The number of sulfonamides is 1. The molecule has 23 heavy (non-hydrogen) atoms. The number of rotatable bonds is 3. The average Bonchev–Trinajstić information content (AvgIpc) is 2.54. The standard InChI is InChI=1S/C16H12N4O2S/c1-11-6-7-12(9-17)8-15(11)23(21,22)20-16-10-18-13-4-2-3-5-14(13)19-16/h2-8,10H,1H3,(H,19,20). The summed E-state index contributed by atoms with van der Waals surface area (Å²) in [5.41, 5.74) is 2.10. The highest BCUT2D eigenvalue weighted by Gasteiger charge is 2.18. The average molecular weight is 324 g/mol. The molecule has 7 heteroatoms. The summed E-state index contributed by atoms with van der Waals surface area (Å²) >= 11 is 0. The van der Waals surface area contributed by atoms with E-state index in [4.69, 9.17) is 5.26 Å². The molecule has 0 aliphatic heterocycles. The maximum Gasteiger partial charge on any atom is 0.263 e. The molecule has 0 amide bonds. The third kappa shape index (κ3) is 2.98. The number of hydrogen-bond donors (Lipinski definition) is 1. The van der Waals surface area contributed by atoms with Crippen LogP contribution in [0.4, 0.5) is 5.82 Å². The topological polar surface area (TPSA) is 95.7 Å². The van der Waals surface area contributed by atoms with Gasteiger partial charge in [-0.05, 0) is 36.8 Å². The van der Waals surface area contributed by atoms with E-state index in [2.05, 4.69) is 14.7 Å². The van der Waals surface area contributed by atoms with Crippen molar-refractivity contribution in [3.8, 4) is 6.07 Å². The van der Waals surface area contributed by atoms with Crippen LogP contribution in [0, 0.1) is 18.3 Å². The van der Waals surface area contributed by atoms with E-state index in [1.165, 1.54) is 12.3 Å². The SMILES string of the molecule is Cc1ccc(C#N)cc1S(=O)(=O)Nc1cnc2ccccc2n1. The van der Waals surface area contributed by atoms with Crippen LogP contribution in [0.25, 0.3) is 11.0 Å². The van der Waals surface area contributed by atoms with Gasteiger partial charge < -0.3 is 0 Å². The zero-order chi connectivity index (χ0) is 16.4. The van der Waals surface area contributed by atoms with Gasteiger partial charge in [0.1, 0.15) is 0 Å². The van der Waals surface area contributed by atoms with Crippen LogP contribution in [0.15, 0.2) is 53.6 Å². The largest absolute Gasteiger partial charge is 0.263 e. The Labute approximate surface area is 133 Å². The quantitative estimate of drug-likeness (QED) is 0.799. The zero-order valence-corrected chi connectivity index (χ0v) is 13.0. The number of anilines is 1. The van der Waals surface area contributed by atoms with Crippen molar-refractivity contribution < 1.29 is 8.42 Å². The van der Waals surface area contributed by atoms with Crippen LogP contribution in [-0.4, -0.2) is 18.4 Å². The second kappa shape index (κ2) is 5.66. The lowest BCUT2D eigenvalue weighted by Gasteiger charge is -2.10. The lowest BCUT2D eigenvalue weighted by Crippen LogP contribution is -2.15. The van der Waals surface area contributed by atoms with Gasteiger partial charge in [-0.25, -0.2) is 13.4 Å². The number of aryl methyl sites for hydroxylation is 1. The lowest BCUT2D eigenvalue weighted by atomic mass is 10.2. The molecule has 0 spiro atoms. The first-order valence-corrected chi connectivity index (χ1v) is 8.23. The maximum absolute atomic E-state index is 12.5. The number of fused-ring (bicyclic) bond motifs is 1. The van der Waals surface area contributed by atoms with Gasteiger partial charge in [0.2, 0.25) is 0 Å². The van der Waals surface area contributed by atoms with Gasteiger partial charge in [-0.3, -0.25) is 9.71 Å². The van der Waals surface area contributed by atoms with Crippen LogP contribution in [-0.2, 0) is 10.0 Å². The molecule has 0 fully saturated rings. The molecule has 0 radical (unpaired) electrons. The fraction of sp³-hybridized carbons (Fsp3) is 0.0625. The third-order valence-electron chi connectivity index (χ3n) is 3.29. The highest BCUT2D eigenvalue weighted by molar-refractivity contribution is 7.92. The number of hydrogen-bond acceptors (Lipinski definition) is 5. The summed E-state index contributed by atoms with van der Waals surface area (Å²) in [6.07, 6.45) is 1.36. The maximum atomic E-state index is 12.5. The first-order valence-electron chi connectivity index (χ1n) is 6.75. The van der Waals surface area contributed by atoms with Crippen LogP contribution in [0.3, 0.4) is 0 Å². The minimum Gasteiger partial charge on any atom is -0.262 e. The Morgan fingerprint density at radius 1 is 1.13 bits per heavy atom. The van der Waals surface area contributed by atoms with Crippen molar-refractivity contribution in [2.45, 2.75) is 11.8 Å². The zero-order valence-electron chi connectivity index (χ0n) is 12.2. The molecule has 0 bridgehead atoms. The number of aromatic nitrogens is 2. The number of benzene rings is 2. The van der Waals surface area contributed by atoms with Crippen molar-refractivity contribution in [3.05, 3.63) is 59.8 Å². The van der Waals surface area contributed by atoms with Crippen LogP contribution in [0.1, 0.15) is 11.1 Å². The first kappa shape index (κ1) is 14.9. The molecule has 0 aliphatic rings. The molecule has 0 saturated carbocycles. The van der Waals surface area contributed by atoms with E-state index >= 15 is 0 Å². The minimum atomic E-state index is -3.85. The molecule has 2 aromatic carbocycles. The second-order valence-electron chi connectivity index (χ2n) is 4.94. The molecular formula is C16H12N4O2S. The van der Waals surface area contributed by atoms with Gasteiger partial charge in [-0.2, -0.15) is 5.26 Å². The first-order chi connectivity index (χ1) is 11.0. The monoisotopic (exact) mass is 324 g/mol. The number of para-hydroxylation sites is 2. The van der Waals surface area contributed by atoms with E-state index in [1.54, 1.807) is 37.3 Å². The van der Waals surface area contributed by atoms with Gasteiger partial charge in [0, 0.05) is 0 Å². The molecule has 0 unspecified atom stereocenters. The molecule has 1 aromatic heterocycles. The number of nitrogens with zero attached hydrogens (tertiary/aromatic N) is 3. The summed E-state index contributed by atoms with van der Waals surface area (Å²) in [5, 5.41) is 8.94. The normalized spacial score (nSPS) is 11.1. The minimum absolute atomic E-state index is 0.0477. The molecule has 114 valence electrons. The molecule has 3 aromatic rings. The fourth-order valence-electron chi connectivity index (χ4n) is 2.16. The summed E-state index contributed by atoms with van der Waals surface area (Å²) in [6, 6.07) is 13.6. The lowest BCUT2D eigenvalue weighted by molar-refractivity contribution is 0.600. The molecule has 6 nitrogen and oxygen atoms in total. The van der Waals surface area contributed by atoms with E-state index < -0.39 is 10.0 Å². The predicted octanol–water partition coefficient (Wildman–Crippen LogP) is 2.61. The van der Waals surface area contributed by atoms with Gasteiger partial charge in [0.25, 0.3) is 10.0 Å². The van der Waals surface area contributed by atoms with Gasteiger partial charge in [-0.1, -0.05) is 18.2 Å². The van der Waals surface area contributed by atoms with Crippen molar-refractivity contribution >= 4 is 26.9 Å². The Kier molecular flexibility index (Phi) is 3.68. The van der Waals surface area contributed by atoms with E-state index in [0.29, 0.717) is 16.6 Å². The molecular weight excluding hydrogens is 312 g/mol. The Bertz CT molecular complexity index is 1040. The molecule has 3 rings (SSSR count). The van der Waals surface area contributed by atoms with E-state index in [0.717, 1.165) is 0 Å². The van der Waals surface area contributed by atoms with Crippen LogP contribution < -0.4 is 4.72 Å². The van der Waals surface area contributed by atoms with Crippen LogP contribution in [0.2, 0.25) is 0 Å². The van der Waals surface area contributed by atoms with Gasteiger partial charge in [-0.15, -0.1) is 0 Å². The summed E-state index contributed by atoms with van der Waals surface area (Å²) in [6.45, 7) is 1.67. The van der Waals surface area contributed by atoms with Gasteiger partial charge in [0.15, 0.2) is 5.82 Å². The molecule has 0 aliphatic carbocycles. The van der Waals surface area contributed by atoms with Crippen molar-refractivity contribution in [1.29, 1.82) is 5.26 Å². The Morgan fingerprint density at radius 3 is 2.61 bits per heavy atom. The highest BCUT2D eigenvalue weighted by Crippen LogP contribution is 2.20. The van der Waals surface area contributed by atoms with Gasteiger partial charge >= 0.3 is 0 Å². The second-order valence-corrected chi connectivity index (χ2v) is 6.59. The summed E-state index contributed by atoms with van der Waals surface area (Å²) in [7, 11) is -3.85. The fourth-order valence-corrected chi connectivity index (χ4v) is 3.42. The van der Waals surface area contributed by atoms with Crippen LogP contribution >= 0.6 is 0 Å². The van der Waals surface area contributed by atoms with Crippen molar-refractivity contribution in [3.63, 3.8) is 0 Å². The Balaban J connectivity index is 2.01. The van der Waals surface area contributed by atoms with E-state index in [-0.39, 0.29) is 16.3 Å².